The van der Waals surface area contributed by atoms with Crippen molar-refractivity contribution in [2.24, 2.45) is 0 Å². The predicted octanol–water partition coefficient (Wildman–Crippen LogP) is 4.74. The van der Waals surface area contributed by atoms with Gasteiger partial charge in [-0.1, -0.05) is 54.1 Å². The zero-order valence-corrected chi connectivity index (χ0v) is 11.4. The van der Waals surface area contributed by atoms with E-state index in [4.69, 9.17) is 4.74 Å². The quantitative estimate of drug-likeness (QED) is 0.752. The summed E-state index contributed by atoms with van der Waals surface area (Å²) in [5, 5.41) is 0. The van der Waals surface area contributed by atoms with Crippen LogP contribution in [0.4, 0.5) is 4.39 Å². The average molecular weight is 258 g/mol. The van der Waals surface area contributed by atoms with Crippen molar-refractivity contribution < 1.29 is 9.13 Å². The van der Waals surface area contributed by atoms with Crippen LogP contribution in [0.3, 0.4) is 0 Å². The summed E-state index contributed by atoms with van der Waals surface area (Å²) in [6.45, 7) is 4.24. The number of alkyl halides is 1. The molecule has 0 fully saturated rings. The minimum absolute atomic E-state index is 0.0569. The molecule has 2 aromatic carbocycles. The van der Waals surface area contributed by atoms with Gasteiger partial charge in [0.2, 0.25) is 0 Å². The molecule has 0 aliphatic heterocycles. The second-order valence-corrected chi connectivity index (χ2v) is 4.81. The largest absolute Gasteiger partial charge is 0.369 e. The van der Waals surface area contributed by atoms with Crippen LogP contribution < -0.4 is 0 Å². The van der Waals surface area contributed by atoms with E-state index in [1.807, 2.05) is 19.1 Å². The molecule has 0 aromatic heterocycles. The van der Waals surface area contributed by atoms with E-state index in [1.165, 1.54) is 11.1 Å². The van der Waals surface area contributed by atoms with Gasteiger partial charge in [-0.2, -0.15) is 0 Å². The molecular formula is C17H19FO. The molecule has 0 spiro atoms. The first-order valence-electron chi connectivity index (χ1n) is 6.51. The molecule has 0 bridgehead atoms. The molecule has 0 heterocycles. The molecular weight excluding hydrogens is 239 g/mol. The lowest BCUT2D eigenvalue weighted by Gasteiger charge is -2.14. The lowest BCUT2D eigenvalue weighted by molar-refractivity contribution is 0.0525. The van der Waals surface area contributed by atoms with Crippen molar-refractivity contribution in [3.05, 3.63) is 70.8 Å². The van der Waals surface area contributed by atoms with Crippen molar-refractivity contribution in [1.29, 1.82) is 0 Å². The molecule has 0 saturated heterocycles. The summed E-state index contributed by atoms with van der Waals surface area (Å²) in [6.07, 6.45) is 0.0569. The van der Waals surface area contributed by atoms with Gasteiger partial charge in [-0.3, -0.25) is 0 Å². The van der Waals surface area contributed by atoms with Gasteiger partial charge >= 0.3 is 0 Å². The van der Waals surface area contributed by atoms with E-state index in [0.717, 1.165) is 5.56 Å². The summed E-state index contributed by atoms with van der Waals surface area (Å²) in [5.41, 5.74) is 4.19. The van der Waals surface area contributed by atoms with E-state index in [9.17, 15) is 4.39 Å². The Morgan fingerprint density at radius 2 is 1.53 bits per heavy atom. The van der Waals surface area contributed by atoms with Crippen molar-refractivity contribution in [3.8, 4) is 0 Å². The fourth-order valence-corrected chi connectivity index (χ4v) is 1.88. The number of ether oxygens (including phenoxy) is 1. The van der Waals surface area contributed by atoms with E-state index in [2.05, 4.69) is 31.2 Å². The Labute approximate surface area is 114 Å². The third-order valence-electron chi connectivity index (χ3n) is 3.22. The molecule has 2 aromatic rings. The van der Waals surface area contributed by atoms with Crippen LogP contribution in [-0.4, -0.2) is 0 Å². The summed E-state index contributed by atoms with van der Waals surface area (Å²) in [7, 11) is 0. The molecule has 100 valence electrons. The van der Waals surface area contributed by atoms with Crippen LogP contribution >= 0.6 is 0 Å². The summed E-state index contributed by atoms with van der Waals surface area (Å²) < 4.78 is 18.2. The van der Waals surface area contributed by atoms with Gasteiger partial charge in [0.15, 0.2) is 0 Å². The standard InChI is InChI=1S/C17H19FO/c1-13-3-9-17(10-4-13)14(2)19-12-16-7-5-15(11-18)6-8-16/h3-10,14H,11-12H2,1-2H3. The van der Waals surface area contributed by atoms with E-state index in [-0.39, 0.29) is 6.10 Å². The van der Waals surface area contributed by atoms with Crippen LogP contribution in [0.5, 0.6) is 0 Å². The number of hydrogen-bond donors (Lipinski definition) is 0. The zero-order valence-electron chi connectivity index (χ0n) is 11.4. The van der Waals surface area contributed by atoms with Crippen LogP contribution in [0.1, 0.15) is 35.3 Å². The second-order valence-electron chi connectivity index (χ2n) is 4.81. The minimum atomic E-state index is -0.416. The maximum atomic E-state index is 12.4. The molecule has 0 amide bonds. The molecule has 2 heteroatoms. The van der Waals surface area contributed by atoms with E-state index in [1.54, 1.807) is 12.1 Å². The lowest BCUT2D eigenvalue weighted by atomic mass is 10.1. The maximum Gasteiger partial charge on any atom is 0.115 e. The van der Waals surface area contributed by atoms with Gasteiger partial charge in [0.05, 0.1) is 12.7 Å². The van der Waals surface area contributed by atoms with Gasteiger partial charge < -0.3 is 4.74 Å². The van der Waals surface area contributed by atoms with Crippen LogP contribution in [0, 0.1) is 6.92 Å². The summed E-state index contributed by atoms with van der Waals surface area (Å²) >= 11 is 0. The third kappa shape index (κ3) is 3.90. The van der Waals surface area contributed by atoms with Crippen molar-refractivity contribution in [1.82, 2.24) is 0 Å². The zero-order chi connectivity index (χ0) is 13.7. The minimum Gasteiger partial charge on any atom is -0.369 e. The van der Waals surface area contributed by atoms with Crippen molar-refractivity contribution in [2.45, 2.75) is 33.2 Å². The van der Waals surface area contributed by atoms with Crippen molar-refractivity contribution in [3.63, 3.8) is 0 Å². The fraction of sp³-hybridized carbons (Fsp3) is 0.294. The van der Waals surface area contributed by atoms with Gasteiger partial charge in [0, 0.05) is 0 Å². The molecule has 0 saturated carbocycles. The van der Waals surface area contributed by atoms with E-state index < -0.39 is 6.67 Å². The van der Waals surface area contributed by atoms with Gasteiger partial charge in [-0.05, 0) is 30.5 Å². The van der Waals surface area contributed by atoms with Crippen LogP contribution in [0.25, 0.3) is 0 Å². The third-order valence-corrected chi connectivity index (χ3v) is 3.22. The van der Waals surface area contributed by atoms with Gasteiger partial charge in [0.25, 0.3) is 0 Å². The Morgan fingerprint density at radius 1 is 0.947 bits per heavy atom. The Morgan fingerprint density at radius 3 is 2.11 bits per heavy atom. The molecule has 0 N–H and O–H groups in total. The van der Waals surface area contributed by atoms with Crippen LogP contribution in [-0.2, 0) is 18.0 Å². The summed E-state index contributed by atoms with van der Waals surface area (Å²) in [6, 6.07) is 15.8. The molecule has 1 nitrogen and oxygen atoms in total. The SMILES string of the molecule is Cc1ccc(C(C)OCc2ccc(CF)cc2)cc1. The Kier molecular flexibility index (Phi) is 4.69. The molecule has 19 heavy (non-hydrogen) atoms. The Bertz CT molecular complexity index is 502. The molecule has 1 unspecified atom stereocenters. The van der Waals surface area contributed by atoms with Gasteiger partial charge in [-0.25, -0.2) is 4.39 Å². The molecule has 0 aliphatic carbocycles. The second kappa shape index (κ2) is 6.48. The number of aryl methyl sites for hydroxylation is 1. The van der Waals surface area contributed by atoms with Crippen molar-refractivity contribution in [2.75, 3.05) is 0 Å². The monoisotopic (exact) mass is 258 g/mol. The van der Waals surface area contributed by atoms with E-state index >= 15 is 0 Å². The normalized spacial score (nSPS) is 12.4. The topological polar surface area (TPSA) is 9.23 Å². The number of rotatable bonds is 5. The Hall–Kier alpha value is -1.67. The Balaban J connectivity index is 1.92. The number of benzene rings is 2. The number of hydrogen-bond acceptors (Lipinski definition) is 1. The molecule has 1 atom stereocenters. The highest BCUT2D eigenvalue weighted by molar-refractivity contribution is 5.23. The van der Waals surface area contributed by atoms with Crippen molar-refractivity contribution >= 4 is 0 Å². The average Bonchev–Trinajstić information content (AvgIpc) is 2.46. The summed E-state index contributed by atoms with van der Waals surface area (Å²) in [4.78, 5) is 0. The summed E-state index contributed by atoms with van der Waals surface area (Å²) in [5.74, 6) is 0. The molecule has 2 rings (SSSR count). The maximum absolute atomic E-state index is 12.4. The highest BCUT2D eigenvalue weighted by Crippen LogP contribution is 2.19. The fourth-order valence-electron chi connectivity index (χ4n) is 1.88. The van der Waals surface area contributed by atoms with Gasteiger partial charge in [0.1, 0.15) is 6.67 Å². The first-order valence-corrected chi connectivity index (χ1v) is 6.51. The van der Waals surface area contributed by atoms with Crippen LogP contribution in [0.2, 0.25) is 0 Å². The van der Waals surface area contributed by atoms with E-state index in [0.29, 0.717) is 12.2 Å². The molecule has 0 radical (unpaired) electrons. The van der Waals surface area contributed by atoms with Gasteiger partial charge in [-0.15, -0.1) is 0 Å². The highest BCUT2D eigenvalue weighted by Gasteiger charge is 2.05. The first kappa shape index (κ1) is 13.8. The molecule has 0 aliphatic rings. The lowest BCUT2D eigenvalue weighted by Crippen LogP contribution is -2.00. The highest BCUT2D eigenvalue weighted by atomic mass is 19.1. The predicted molar refractivity (Wildman–Crippen MR) is 75.6 cm³/mol. The van der Waals surface area contributed by atoms with Crippen LogP contribution in [0.15, 0.2) is 48.5 Å². The smallest absolute Gasteiger partial charge is 0.115 e. The first-order chi connectivity index (χ1) is 9.19. The number of halogens is 1.